The van der Waals surface area contributed by atoms with Gasteiger partial charge in [0, 0.05) is 6.72 Å². The van der Waals surface area contributed by atoms with Crippen LogP contribution >= 0.6 is 0 Å². The Morgan fingerprint density at radius 1 is 1.43 bits per heavy atom. The Hall–Kier alpha value is -1.12. The highest BCUT2D eigenvalue weighted by Gasteiger charge is 1.73. The fourth-order valence-electron chi connectivity index (χ4n) is 0.127. The highest BCUT2D eigenvalue weighted by atomic mass is 15.3. The first-order valence-corrected chi connectivity index (χ1v) is 1.68. The molecule has 0 unspecified atom stereocenters. The summed E-state index contributed by atoms with van der Waals surface area (Å²) < 4.78 is 0. The van der Waals surface area contributed by atoms with Crippen LogP contribution in [0, 0.1) is 0 Å². The van der Waals surface area contributed by atoms with Crippen molar-refractivity contribution < 1.29 is 0 Å². The Morgan fingerprint density at radius 3 is 2.14 bits per heavy atom. The second-order valence-electron chi connectivity index (χ2n) is 0.875. The van der Waals surface area contributed by atoms with E-state index in [1.807, 2.05) is 0 Å². The lowest BCUT2D eigenvalue weighted by atomic mass is 10.9. The molecule has 7 heavy (non-hydrogen) atoms. The van der Waals surface area contributed by atoms with Crippen LogP contribution in [0.25, 0.3) is 0 Å². The van der Waals surface area contributed by atoms with E-state index in [1.54, 1.807) is 0 Å². The Labute approximate surface area is 42.5 Å². The first-order valence-electron chi connectivity index (χ1n) is 1.68. The van der Waals surface area contributed by atoms with E-state index in [9.17, 15) is 0 Å². The van der Waals surface area contributed by atoms with Gasteiger partial charge in [0.25, 0.3) is 0 Å². The van der Waals surface area contributed by atoms with E-state index in [0.29, 0.717) is 5.82 Å². The molecule has 3 nitrogen and oxygen atoms in total. The first-order chi connectivity index (χ1) is 3.31. The van der Waals surface area contributed by atoms with Crippen LogP contribution in [0.4, 0.5) is 0 Å². The largest absolute Gasteiger partial charge is 0.262 e. The summed E-state index contributed by atoms with van der Waals surface area (Å²) in [6.45, 7) is 9.71. The maximum absolute atomic E-state index is 3.39. The third kappa shape index (κ3) is 2.69. The van der Waals surface area contributed by atoms with Gasteiger partial charge in [-0.25, -0.2) is 4.99 Å². The van der Waals surface area contributed by atoms with Crippen LogP contribution in [0.5, 0.6) is 0 Å². The monoisotopic (exact) mass is 97.1 g/mol. The zero-order valence-corrected chi connectivity index (χ0v) is 4.02. The van der Waals surface area contributed by atoms with Gasteiger partial charge in [-0.3, -0.25) is 5.43 Å². The number of nitrogens with zero attached hydrogens (tertiary/aromatic N) is 2. The summed E-state index contributed by atoms with van der Waals surface area (Å²) in [5.41, 5.74) is 2.39. The van der Waals surface area contributed by atoms with Gasteiger partial charge in [0.1, 0.15) is 5.82 Å². The Kier molecular flexibility index (Phi) is 2.59. The van der Waals surface area contributed by atoms with Gasteiger partial charge in [-0.2, -0.15) is 5.10 Å². The number of hydrogen-bond donors (Lipinski definition) is 1. The standard InChI is InChI=1S/C4H7N3/c1-4(5-2)7-6-3/h7H,1-3H2. The van der Waals surface area contributed by atoms with E-state index in [4.69, 9.17) is 0 Å². The molecule has 0 saturated heterocycles. The Morgan fingerprint density at radius 2 is 2.00 bits per heavy atom. The van der Waals surface area contributed by atoms with Crippen LogP contribution in [-0.2, 0) is 0 Å². The molecule has 0 bridgehead atoms. The van der Waals surface area contributed by atoms with Gasteiger partial charge in [-0.05, 0) is 6.72 Å². The average molecular weight is 97.1 g/mol. The molecule has 38 valence electrons. The van der Waals surface area contributed by atoms with E-state index in [-0.39, 0.29) is 0 Å². The van der Waals surface area contributed by atoms with E-state index < -0.39 is 0 Å². The van der Waals surface area contributed by atoms with Gasteiger partial charge >= 0.3 is 0 Å². The quantitative estimate of drug-likeness (QED) is 0.400. The van der Waals surface area contributed by atoms with Gasteiger partial charge in [0.15, 0.2) is 0 Å². The summed E-state index contributed by atoms with van der Waals surface area (Å²) in [6.07, 6.45) is 0. The van der Waals surface area contributed by atoms with Gasteiger partial charge in [-0.1, -0.05) is 6.58 Å². The SMILES string of the molecule is C=NNC(=C)N=C. The summed E-state index contributed by atoms with van der Waals surface area (Å²) in [5.74, 6) is 0.412. The van der Waals surface area contributed by atoms with Crippen molar-refractivity contribution in [2.24, 2.45) is 10.1 Å². The molecule has 0 amide bonds. The lowest BCUT2D eigenvalue weighted by Crippen LogP contribution is -1.98. The molecule has 1 N–H and O–H groups in total. The molecule has 0 aliphatic heterocycles. The van der Waals surface area contributed by atoms with Crippen LogP contribution in [0.15, 0.2) is 22.5 Å². The van der Waals surface area contributed by atoms with Gasteiger partial charge in [-0.15, -0.1) is 0 Å². The molecule has 0 radical (unpaired) electrons. The second-order valence-corrected chi connectivity index (χ2v) is 0.875. The lowest BCUT2D eigenvalue weighted by Gasteiger charge is -1.90. The van der Waals surface area contributed by atoms with E-state index in [2.05, 4.69) is 35.5 Å². The molecule has 0 aliphatic carbocycles. The zero-order chi connectivity index (χ0) is 5.70. The van der Waals surface area contributed by atoms with Gasteiger partial charge in [0.2, 0.25) is 0 Å². The van der Waals surface area contributed by atoms with E-state index in [1.165, 1.54) is 0 Å². The smallest absolute Gasteiger partial charge is 0.138 e. The maximum Gasteiger partial charge on any atom is 0.138 e. The van der Waals surface area contributed by atoms with Crippen LogP contribution in [0.3, 0.4) is 0 Å². The van der Waals surface area contributed by atoms with Crippen molar-refractivity contribution in [3.8, 4) is 0 Å². The molecule has 0 heterocycles. The van der Waals surface area contributed by atoms with Crippen LogP contribution in [0.2, 0.25) is 0 Å². The van der Waals surface area contributed by atoms with Crippen LogP contribution in [-0.4, -0.2) is 13.4 Å². The molecule has 0 aliphatic rings. The molecule has 0 aromatic carbocycles. The van der Waals surface area contributed by atoms with Crippen molar-refractivity contribution >= 4 is 13.4 Å². The predicted octanol–water partition coefficient (Wildman–Crippen LogP) is 0.363. The summed E-state index contributed by atoms with van der Waals surface area (Å²) in [6, 6.07) is 0. The van der Waals surface area contributed by atoms with Gasteiger partial charge in [0.05, 0.1) is 0 Å². The first kappa shape index (κ1) is 5.88. The molecule has 0 aromatic heterocycles. The fraction of sp³-hybridized carbons (Fsp3) is 0. The minimum absolute atomic E-state index is 0.412. The molecule has 0 aromatic rings. The highest BCUT2D eigenvalue weighted by Crippen LogP contribution is 1.78. The fourth-order valence-corrected chi connectivity index (χ4v) is 0.127. The predicted molar refractivity (Wildman–Crippen MR) is 31.4 cm³/mol. The molecular formula is C4H7N3. The summed E-state index contributed by atoms with van der Waals surface area (Å²) >= 11 is 0. The number of hydrazone groups is 1. The normalized spacial score (nSPS) is 6.86. The summed E-state index contributed by atoms with van der Waals surface area (Å²) in [5, 5.41) is 3.27. The molecule has 0 spiro atoms. The van der Waals surface area contributed by atoms with Crippen LogP contribution in [0.1, 0.15) is 0 Å². The third-order valence-electron chi connectivity index (χ3n) is 0.399. The summed E-state index contributed by atoms with van der Waals surface area (Å²) in [7, 11) is 0. The topological polar surface area (TPSA) is 36.8 Å². The molecule has 0 atom stereocenters. The van der Waals surface area contributed by atoms with Crippen LogP contribution < -0.4 is 5.43 Å². The number of aliphatic imine (C=N–C) groups is 1. The Bertz CT molecular complexity index is 95.1. The molecule has 0 rings (SSSR count). The van der Waals surface area contributed by atoms with Crippen molar-refractivity contribution in [1.82, 2.24) is 5.43 Å². The van der Waals surface area contributed by atoms with Crippen molar-refractivity contribution in [2.75, 3.05) is 0 Å². The van der Waals surface area contributed by atoms with Crippen molar-refractivity contribution in [2.45, 2.75) is 0 Å². The Balaban J connectivity index is 3.36. The maximum atomic E-state index is 3.39. The molecule has 0 fully saturated rings. The van der Waals surface area contributed by atoms with Crippen molar-refractivity contribution in [3.63, 3.8) is 0 Å². The third-order valence-corrected chi connectivity index (χ3v) is 0.399. The molecule has 0 saturated carbocycles. The second kappa shape index (κ2) is 3.08. The van der Waals surface area contributed by atoms with E-state index in [0.717, 1.165) is 0 Å². The highest BCUT2D eigenvalue weighted by molar-refractivity contribution is 5.28. The van der Waals surface area contributed by atoms with E-state index >= 15 is 0 Å². The number of rotatable bonds is 3. The minimum Gasteiger partial charge on any atom is -0.262 e. The summed E-state index contributed by atoms with van der Waals surface area (Å²) in [4.78, 5) is 3.39. The van der Waals surface area contributed by atoms with Gasteiger partial charge < -0.3 is 0 Å². The number of hydrogen-bond acceptors (Lipinski definition) is 3. The van der Waals surface area contributed by atoms with Crippen molar-refractivity contribution in [3.05, 3.63) is 12.4 Å². The molecular weight excluding hydrogens is 90.1 g/mol. The number of nitrogens with one attached hydrogen (secondary N) is 1. The average Bonchev–Trinajstić information content (AvgIpc) is 1.68. The molecule has 3 heteroatoms. The van der Waals surface area contributed by atoms with Crippen molar-refractivity contribution in [1.29, 1.82) is 0 Å². The zero-order valence-electron chi connectivity index (χ0n) is 4.02. The lowest BCUT2D eigenvalue weighted by molar-refractivity contribution is 0.890. The minimum atomic E-state index is 0.412.